The summed E-state index contributed by atoms with van der Waals surface area (Å²) in [4.78, 5) is 28.9. The monoisotopic (exact) mass is 417 g/mol. The van der Waals surface area contributed by atoms with E-state index in [0.29, 0.717) is 0 Å². The Morgan fingerprint density at radius 3 is 2.00 bits per heavy atom. The van der Waals surface area contributed by atoms with Crippen LogP contribution in [0.2, 0.25) is 0 Å². The molecule has 2 aromatic rings. The highest BCUT2D eigenvalue weighted by Crippen LogP contribution is 2.14. The molecule has 0 radical (unpaired) electrons. The lowest BCUT2D eigenvalue weighted by Gasteiger charge is -2.24. The first-order chi connectivity index (χ1) is 14.3. The minimum absolute atomic E-state index is 0.185. The quantitative estimate of drug-likeness (QED) is 0.383. The summed E-state index contributed by atoms with van der Waals surface area (Å²) in [5.41, 5.74) is 2.36. The number of rotatable bonds is 9. The third-order valence-electron chi connectivity index (χ3n) is 4.20. The van der Waals surface area contributed by atoms with Crippen molar-refractivity contribution in [2.75, 3.05) is 13.7 Å². The molecule has 0 heterocycles. The molecule has 0 bridgehead atoms. The van der Waals surface area contributed by atoms with E-state index in [2.05, 4.69) is 9.99 Å². The molecule has 0 saturated heterocycles. The van der Waals surface area contributed by atoms with Gasteiger partial charge in [0.1, 0.15) is 19.8 Å². The van der Waals surface area contributed by atoms with Gasteiger partial charge in [-0.05, 0) is 38.1 Å². The van der Waals surface area contributed by atoms with Crippen LogP contribution in [0, 0.1) is 13.8 Å². The Hall–Kier alpha value is -3.26. The van der Waals surface area contributed by atoms with Gasteiger partial charge < -0.3 is 19.4 Å². The van der Waals surface area contributed by atoms with Crippen LogP contribution in [0.3, 0.4) is 0 Å². The number of halogens is 1. The number of aryl methyl sites for hydroxylation is 2. The van der Waals surface area contributed by atoms with Crippen molar-refractivity contribution in [3.8, 4) is 0 Å². The Morgan fingerprint density at radius 2 is 1.50 bits per heavy atom. The van der Waals surface area contributed by atoms with Crippen LogP contribution in [-0.2, 0) is 14.3 Å². The van der Waals surface area contributed by atoms with Crippen molar-refractivity contribution in [2.24, 2.45) is 5.16 Å². The molecule has 30 heavy (non-hydrogen) atoms. The van der Waals surface area contributed by atoms with Crippen LogP contribution < -0.4 is 0 Å². The molecule has 0 saturated carbocycles. The Morgan fingerprint density at radius 1 is 1.00 bits per heavy atom. The summed E-state index contributed by atoms with van der Waals surface area (Å²) in [7, 11) is 1.22. The first kappa shape index (κ1) is 23.0. The molecule has 0 aliphatic carbocycles. The largest absolute Gasteiger partial charge is 0.459 e. The Bertz CT molecular complexity index is 866. The highest BCUT2D eigenvalue weighted by molar-refractivity contribution is 5.90. The van der Waals surface area contributed by atoms with Gasteiger partial charge in [-0.2, -0.15) is 0 Å². The third kappa shape index (κ3) is 6.66. The predicted molar refractivity (Wildman–Crippen MR) is 108 cm³/mol. The Labute approximate surface area is 174 Å². The lowest BCUT2D eigenvalue weighted by molar-refractivity contribution is -0.0594. The fraction of sp³-hybridized carbons (Fsp3) is 0.318. The van der Waals surface area contributed by atoms with Crippen molar-refractivity contribution in [3.05, 3.63) is 70.8 Å². The number of benzene rings is 2. The summed E-state index contributed by atoms with van der Waals surface area (Å²) in [5, 5.41) is 13.7. The second-order valence-electron chi connectivity index (χ2n) is 6.65. The van der Waals surface area contributed by atoms with E-state index in [0.717, 1.165) is 17.3 Å². The number of esters is 2. The predicted octanol–water partition coefficient (Wildman–Crippen LogP) is 3.02. The van der Waals surface area contributed by atoms with E-state index >= 15 is 0 Å². The molecule has 7 nitrogen and oxygen atoms in total. The number of ether oxygens (including phenoxy) is 2. The standard InChI is InChI=1S/C22H24FNO6/c1-14-4-8-16(9-5-14)21(26)29-13-19(25)20(18(23)12-24-28-3)30-22(27)17-10-6-15(2)7-11-17/h4-12,18-20,25H,13H2,1-3H3/b24-12+/t18-,19-,20+/m1/s1. The zero-order valence-corrected chi connectivity index (χ0v) is 16.9. The number of aliphatic hydroxyl groups is 1. The minimum atomic E-state index is -1.99. The first-order valence-corrected chi connectivity index (χ1v) is 9.22. The summed E-state index contributed by atoms with van der Waals surface area (Å²) in [6, 6.07) is 13.1. The molecule has 2 aromatic carbocycles. The van der Waals surface area contributed by atoms with Crippen molar-refractivity contribution in [1.29, 1.82) is 0 Å². The minimum Gasteiger partial charge on any atom is -0.459 e. The van der Waals surface area contributed by atoms with Gasteiger partial charge >= 0.3 is 11.9 Å². The van der Waals surface area contributed by atoms with Crippen molar-refractivity contribution in [1.82, 2.24) is 0 Å². The van der Waals surface area contributed by atoms with Gasteiger partial charge in [0.2, 0.25) is 0 Å². The number of hydrogen-bond donors (Lipinski definition) is 1. The number of oxime groups is 1. The fourth-order valence-corrected chi connectivity index (χ4v) is 2.47. The molecular weight excluding hydrogens is 393 g/mol. The van der Waals surface area contributed by atoms with E-state index < -0.39 is 36.9 Å². The molecule has 0 unspecified atom stereocenters. The molecule has 0 fully saturated rings. The summed E-state index contributed by atoms with van der Waals surface area (Å²) in [5.74, 6) is -1.53. The third-order valence-corrected chi connectivity index (χ3v) is 4.20. The van der Waals surface area contributed by atoms with Crippen LogP contribution in [-0.4, -0.2) is 55.4 Å². The average Bonchev–Trinajstić information content (AvgIpc) is 2.74. The van der Waals surface area contributed by atoms with Crippen LogP contribution >= 0.6 is 0 Å². The highest BCUT2D eigenvalue weighted by Gasteiger charge is 2.33. The number of nitrogens with zero attached hydrogens (tertiary/aromatic N) is 1. The van der Waals surface area contributed by atoms with Gasteiger partial charge in [-0.15, -0.1) is 0 Å². The SMILES string of the molecule is CO/N=C/[C@@H](F)[C@H](OC(=O)c1ccc(C)cc1)[C@H](O)COC(=O)c1ccc(C)cc1. The van der Waals surface area contributed by atoms with E-state index in [4.69, 9.17) is 9.47 Å². The highest BCUT2D eigenvalue weighted by atomic mass is 19.1. The average molecular weight is 417 g/mol. The van der Waals surface area contributed by atoms with Gasteiger partial charge in [-0.1, -0.05) is 40.5 Å². The van der Waals surface area contributed by atoms with E-state index in [-0.39, 0.29) is 11.1 Å². The second kappa shape index (κ2) is 11.1. The lowest BCUT2D eigenvalue weighted by Crippen LogP contribution is -2.43. The van der Waals surface area contributed by atoms with E-state index in [9.17, 15) is 19.1 Å². The van der Waals surface area contributed by atoms with E-state index in [1.54, 1.807) is 36.4 Å². The van der Waals surface area contributed by atoms with E-state index in [1.165, 1.54) is 19.2 Å². The summed E-state index contributed by atoms with van der Waals surface area (Å²) >= 11 is 0. The van der Waals surface area contributed by atoms with Gasteiger partial charge in [0.05, 0.1) is 17.3 Å². The fourth-order valence-electron chi connectivity index (χ4n) is 2.47. The molecule has 8 heteroatoms. The van der Waals surface area contributed by atoms with Crippen LogP contribution in [0.25, 0.3) is 0 Å². The van der Waals surface area contributed by atoms with Crippen LogP contribution in [0.15, 0.2) is 53.7 Å². The van der Waals surface area contributed by atoms with Crippen molar-refractivity contribution in [3.63, 3.8) is 0 Å². The lowest BCUT2D eigenvalue weighted by atomic mass is 10.1. The number of aliphatic hydroxyl groups excluding tert-OH is 1. The molecule has 3 atom stereocenters. The molecule has 0 aromatic heterocycles. The topological polar surface area (TPSA) is 94.4 Å². The zero-order chi connectivity index (χ0) is 22.1. The number of carbonyl (C=O) groups is 2. The summed E-state index contributed by atoms with van der Waals surface area (Å²) in [6.07, 6.45) is -4.54. The normalized spacial score (nSPS) is 14.0. The van der Waals surface area contributed by atoms with Crippen molar-refractivity contribution in [2.45, 2.75) is 32.2 Å². The van der Waals surface area contributed by atoms with Crippen LogP contribution in [0.1, 0.15) is 31.8 Å². The zero-order valence-electron chi connectivity index (χ0n) is 16.9. The summed E-state index contributed by atoms with van der Waals surface area (Å²) < 4.78 is 24.7. The first-order valence-electron chi connectivity index (χ1n) is 9.22. The number of carbonyl (C=O) groups excluding carboxylic acids is 2. The maximum atomic E-state index is 14.5. The molecule has 0 amide bonds. The Kier molecular flexibility index (Phi) is 8.49. The molecule has 0 spiro atoms. The summed E-state index contributed by atoms with van der Waals surface area (Å²) in [6.45, 7) is 3.14. The van der Waals surface area contributed by atoms with Crippen LogP contribution in [0.5, 0.6) is 0 Å². The van der Waals surface area contributed by atoms with Gasteiger partial charge in [-0.25, -0.2) is 14.0 Å². The second-order valence-corrected chi connectivity index (χ2v) is 6.65. The van der Waals surface area contributed by atoms with Crippen LogP contribution in [0.4, 0.5) is 4.39 Å². The molecule has 0 aliphatic heterocycles. The molecule has 1 N–H and O–H groups in total. The van der Waals surface area contributed by atoms with Gasteiger partial charge in [-0.3, -0.25) is 0 Å². The smallest absolute Gasteiger partial charge is 0.338 e. The molecule has 2 rings (SSSR count). The maximum absolute atomic E-state index is 14.5. The van der Waals surface area contributed by atoms with Gasteiger partial charge in [0.25, 0.3) is 0 Å². The number of alkyl halides is 1. The maximum Gasteiger partial charge on any atom is 0.338 e. The van der Waals surface area contributed by atoms with Crippen molar-refractivity contribution >= 4 is 18.2 Å². The molecular formula is C22H24FNO6. The van der Waals surface area contributed by atoms with Gasteiger partial charge in [0, 0.05) is 0 Å². The van der Waals surface area contributed by atoms with Gasteiger partial charge in [0.15, 0.2) is 12.3 Å². The van der Waals surface area contributed by atoms with E-state index in [1.807, 2.05) is 13.8 Å². The molecule has 160 valence electrons. The number of hydrogen-bond acceptors (Lipinski definition) is 7. The van der Waals surface area contributed by atoms with Crippen molar-refractivity contribution < 1.29 is 33.4 Å². The Balaban J connectivity index is 2.07. The molecule has 0 aliphatic rings.